The first-order valence-corrected chi connectivity index (χ1v) is 9.41. The molecule has 0 fully saturated rings. The summed E-state index contributed by atoms with van der Waals surface area (Å²) in [5.41, 5.74) is 1.92. The van der Waals surface area contributed by atoms with Crippen molar-refractivity contribution < 1.29 is 13.0 Å². The fraction of sp³-hybridized carbons (Fsp3) is 0.455. The van der Waals surface area contributed by atoms with Gasteiger partial charge in [0.2, 0.25) is 0 Å². The average Bonchev–Trinajstić information content (AvgIpc) is 2.23. The number of rotatable bonds is 5. The third kappa shape index (κ3) is 4.31. The molecule has 0 heterocycles. The normalized spacial score (nSPS) is 13.5. The van der Waals surface area contributed by atoms with Crippen molar-refractivity contribution in [3.63, 3.8) is 0 Å². The van der Waals surface area contributed by atoms with Crippen molar-refractivity contribution in [1.82, 2.24) is 0 Å². The van der Waals surface area contributed by atoms with Crippen molar-refractivity contribution in [2.24, 2.45) is 0 Å². The maximum absolute atomic E-state index is 11.4. The number of nitrogens with zero attached hydrogens (tertiary/aromatic N) is 1. The SMILES string of the molecule is CCN(c1cccc(C)c1)C([CH2][K])S(=O)(=O)O. The van der Waals surface area contributed by atoms with Crippen molar-refractivity contribution in [2.45, 2.75) is 19.7 Å². The summed E-state index contributed by atoms with van der Waals surface area (Å²) in [5.74, 6) is 0. The van der Waals surface area contributed by atoms with Crippen molar-refractivity contribution in [2.75, 3.05) is 11.4 Å². The van der Waals surface area contributed by atoms with Crippen LogP contribution in [0.4, 0.5) is 5.69 Å². The molecule has 0 aliphatic carbocycles. The van der Waals surface area contributed by atoms with Gasteiger partial charge in [-0.2, -0.15) is 0 Å². The minimum absolute atomic E-state index is 0.366. The van der Waals surface area contributed by atoms with Gasteiger partial charge in [-0.15, -0.1) is 0 Å². The van der Waals surface area contributed by atoms with Crippen LogP contribution in [-0.2, 0) is 10.1 Å². The van der Waals surface area contributed by atoms with Crippen LogP contribution in [0.5, 0.6) is 0 Å². The molecule has 1 atom stereocenters. The molecular formula is C11H16KNO3S. The van der Waals surface area contributed by atoms with E-state index in [1.54, 1.807) is 4.90 Å². The predicted octanol–water partition coefficient (Wildman–Crippen LogP) is 1.62. The number of aryl methyl sites for hydroxylation is 1. The van der Waals surface area contributed by atoms with E-state index in [2.05, 4.69) is 0 Å². The topological polar surface area (TPSA) is 57.6 Å². The van der Waals surface area contributed by atoms with Gasteiger partial charge in [-0.05, 0) is 0 Å². The third-order valence-electron chi connectivity index (χ3n) is 2.71. The zero-order valence-electron chi connectivity index (χ0n) is 10.4. The van der Waals surface area contributed by atoms with Gasteiger partial charge in [-0.25, -0.2) is 0 Å². The average molecular weight is 281 g/mol. The van der Waals surface area contributed by atoms with Gasteiger partial charge in [0.25, 0.3) is 0 Å². The Hall–Kier alpha value is 0.566. The van der Waals surface area contributed by atoms with E-state index in [4.69, 9.17) is 0 Å². The van der Waals surface area contributed by atoms with E-state index < -0.39 is 15.5 Å². The molecule has 0 radical (unpaired) electrons. The molecule has 0 saturated carbocycles. The van der Waals surface area contributed by atoms with Crippen LogP contribution in [0.1, 0.15) is 12.5 Å². The fourth-order valence-electron chi connectivity index (χ4n) is 1.95. The molecule has 0 saturated heterocycles. The van der Waals surface area contributed by atoms with Crippen LogP contribution in [0.2, 0.25) is 0.515 Å². The van der Waals surface area contributed by atoms with Crippen LogP contribution in [-0.4, -0.2) is 73.8 Å². The Morgan fingerprint density at radius 3 is 2.53 bits per heavy atom. The summed E-state index contributed by atoms with van der Waals surface area (Å²) < 4.78 is 32.5. The first-order chi connectivity index (χ1) is 7.90. The maximum atomic E-state index is 11.4. The molecule has 1 unspecified atom stereocenters. The molecule has 0 aliphatic heterocycles. The summed E-state index contributed by atoms with van der Waals surface area (Å²) in [4.78, 5) is 1.74. The van der Waals surface area contributed by atoms with E-state index in [9.17, 15) is 13.0 Å². The van der Waals surface area contributed by atoms with E-state index in [0.717, 1.165) is 11.3 Å². The third-order valence-corrected chi connectivity index (χ3v) is 6.12. The summed E-state index contributed by atoms with van der Waals surface area (Å²) in [6.07, 6.45) is 0. The monoisotopic (exact) mass is 281 g/mol. The Labute approximate surface area is 137 Å². The van der Waals surface area contributed by atoms with Gasteiger partial charge in [0.1, 0.15) is 0 Å². The van der Waals surface area contributed by atoms with Crippen LogP contribution >= 0.6 is 0 Å². The molecule has 0 bridgehead atoms. The number of hydrogen-bond donors (Lipinski definition) is 1. The van der Waals surface area contributed by atoms with E-state index in [1.807, 2.05) is 38.1 Å². The second-order valence-electron chi connectivity index (χ2n) is 4.00. The molecule has 0 aliphatic rings. The number of anilines is 1. The predicted molar refractivity (Wildman–Crippen MR) is 70.1 cm³/mol. The van der Waals surface area contributed by atoms with E-state index in [0.29, 0.717) is 56.0 Å². The molecule has 1 aromatic carbocycles. The second-order valence-corrected chi connectivity index (χ2v) is 6.85. The summed E-state index contributed by atoms with van der Waals surface area (Å²) in [5, 5.41) is -0.797. The van der Waals surface area contributed by atoms with E-state index in [1.165, 1.54) is 0 Å². The Kier molecular flexibility index (Phi) is 6.11. The summed E-state index contributed by atoms with van der Waals surface area (Å²) >= 11 is 0.366. The Bertz CT molecular complexity index is 475. The zero-order valence-corrected chi connectivity index (χ0v) is 14.4. The van der Waals surface area contributed by atoms with Gasteiger partial charge < -0.3 is 0 Å². The Morgan fingerprint density at radius 2 is 2.12 bits per heavy atom. The van der Waals surface area contributed by atoms with Gasteiger partial charge in [-0.1, -0.05) is 0 Å². The van der Waals surface area contributed by atoms with E-state index in [-0.39, 0.29) is 0 Å². The van der Waals surface area contributed by atoms with E-state index >= 15 is 0 Å². The Morgan fingerprint density at radius 1 is 1.47 bits per heavy atom. The number of benzene rings is 1. The van der Waals surface area contributed by atoms with Crippen LogP contribution in [0.3, 0.4) is 0 Å². The summed E-state index contributed by atoms with van der Waals surface area (Å²) in [6.45, 7) is 4.41. The van der Waals surface area contributed by atoms with Crippen molar-refractivity contribution in [1.29, 1.82) is 0 Å². The van der Waals surface area contributed by atoms with Gasteiger partial charge in [0, 0.05) is 0 Å². The van der Waals surface area contributed by atoms with Gasteiger partial charge in [0.15, 0.2) is 0 Å². The molecule has 90 valence electrons. The van der Waals surface area contributed by atoms with Crippen molar-refractivity contribution in [3.8, 4) is 0 Å². The van der Waals surface area contributed by atoms with Gasteiger partial charge >= 0.3 is 139 Å². The quantitative estimate of drug-likeness (QED) is 0.658. The molecule has 0 amide bonds. The van der Waals surface area contributed by atoms with Crippen LogP contribution in [0, 0.1) is 6.92 Å². The minimum atomic E-state index is -4.01. The van der Waals surface area contributed by atoms with Crippen LogP contribution in [0.25, 0.3) is 0 Å². The molecule has 0 spiro atoms. The molecule has 0 aromatic heterocycles. The van der Waals surface area contributed by atoms with Gasteiger partial charge in [0.05, 0.1) is 0 Å². The Balaban J connectivity index is 3.14. The molecule has 1 aromatic rings. The number of hydrogen-bond acceptors (Lipinski definition) is 3. The standard InChI is InChI=1S/C11H16NO3S.K/c1-4-12(10(3)16(13,14)15)11-7-5-6-9(2)8-11;/h5-8,10H,3-4H2,1-2H3,(H,13,14,15);. The summed E-state index contributed by atoms with van der Waals surface area (Å²) in [6, 6.07) is 7.66. The first-order valence-electron chi connectivity index (χ1n) is 5.69. The molecular weight excluding hydrogens is 265 g/mol. The second kappa shape index (κ2) is 6.65. The molecule has 4 nitrogen and oxygen atoms in total. The fourth-order valence-corrected chi connectivity index (χ4v) is 5.63. The molecule has 6 heteroatoms. The molecule has 1 N–H and O–H groups in total. The molecule has 1 rings (SSSR count). The zero-order chi connectivity index (χ0) is 13.1. The van der Waals surface area contributed by atoms with Gasteiger partial charge in [-0.3, -0.25) is 0 Å². The van der Waals surface area contributed by atoms with Crippen molar-refractivity contribution >= 4 is 64.8 Å². The first kappa shape index (κ1) is 15.6. The van der Waals surface area contributed by atoms with Crippen LogP contribution < -0.4 is 4.90 Å². The summed E-state index contributed by atoms with van der Waals surface area (Å²) in [7, 11) is -4.01. The molecule has 17 heavy (non-hydrogen) atoms. The van der Waals surface area contributed by atoms with Crippen LogP contribution in [0.15, 0.2) is 24.3 Å². The van der Waals surface area contributed by atoms with Crippen molar-refractivity contribution in [3.05, 3.63) is 29.8 Å².